The Hall–Kier alpha value is -0.320. The molecule has 2 unspecified atom stereocenters. The molecule has 0 aliphatic carbocycles. The van der Waals surface area contributed by atoms with E-state index in [1.165, 1.54) is 0 Å². The van der Waals surface area contributed by atoms with Crippen molar-refractivity contribution in [3.63, 3.8) is 0 Å². The van der Waals surface area contributed by atoms with E-state index in [0.717, 1.165) is 12.1 Å². The number of morpholine rings is 1. The monoisotopic (exact) mass is 274 g/mol. The first-order valence-electron chi connectivity index (χ1n) is 5.61. The van der Waals surface area contributed by atoms with Crippen LogP contribution in [-0.4, -0.2) is 37.7 Å². The first kappa shape index (κ1) is 13.1. The maximum atomic E-state index is 6.24. The van der Waals surface area contributed by atoms with Crippen LogP contribution in [0.5, 0.6) is 0 Å². The third kappa shape index (κ3) is 2.59. The lowest BCUT2D eigenvalue weighted by Crippen LogP contribution is -2.46. The van der Waals surface area contributed by atoms with Crippen LogP contribution in [0.1, 0.15) is 11.6 Å². The zero-order valence-electron chi connectivity index (χ0n) is 9.70. The van der Waals surface area contributed by atoms with E-state index in [4.69, 9.17) is 33.7 Å². The molecule has 94 valence electrons. The van der Waals surface area contributed by atoms with Gasteiger partial charge in [-0.1, -0.05) is 29.3 Å². The van der Waals surface area contributed by atoms with E-state index in [1.54, 1.807) is 0 Å². The number of likely N-dealkylation sites (N-methyl/N-ethyl adjacent to an activating group) is 1. The van der Waals surface area contributed by atoms with Crippen molar-refractivity contribution in [3.05, 3.63) is 33.8 Å². The lowest BCUT2D eigenvalue weighted by Gasteiger charge is -2.39. The number of nitrogens with two attached hydrogens (primary N) is 1. The van der Waals surface area contributed by atoms with Crippen LogP contribution in [0.4, 0.5) is 0 Å². The van der Waals surface area contributed by atoms with Crippen LogP contribution in [0, 0.1) is 0 Å². The second-order valence-corrected chi connectivity index (χ2v) is 5.02. The summed E-state index contributed by atoms with van der Waals surface area (Å²) >= 11 is 12.5. The van der Waals surface area contributed by atoms with Crippen LogP contribution in [0.15, 0.2) is 18.2 Å². The molecule has 1 aromatic carbocycles. The van der Waals surface area contributed by atoms with Gasteiger partial charge in [-0.2, -0.15) is 0 Å². The average Bonchev–Trinajstić information content (AvgIpc) is 2.30. The summed E-state index contributed by atoms with van der Waals surface area (Å²) in [5.74, 6) is 0. The number of hydrogen-bond donors (Lipinski definition) is 1. The van der Waals surface area contributed by atoms with Gasteiger partial charge in [-0.15, -0.1) is 0 Å². The lowest BCUT2D eigenvalue weighted by molar-refractivity contribution is -0.0575. The van der Waals surface area contributed by atoms with Gasteiger partial charge in [0.25, 0.3) is 0 Å². The van der Waals surface area contributed by atoms with Gasteiger partial charge in [-0.25, -0.2) is 0 Å². The molecule has 17 heavy (non-hydrogen) atoms. The molecule has 0 aromatic heterocycles. The Bertz CT molecular complexity index is 380. The quantitative estimate of drug-likeness (QED) is 0.900. The second-order valence-electron chi connectivity index (χ2n) is 4.21. The fourth-order valence-electron chi connectivity index (χ4n) is 2.26. The molecule has 5 heteroatoms. The van der Waals surface area contributed by atoms with Gasteiger partial charge >= 0.3 is 0 Å². The molecule has 2 atom stereocenters. The minimum Gasteiger partial charge on any atom is -0.374 e. The maximum Gasteiger partial charge on any atom is 0.0895 e. The molecule has 1 fully saturated rings. The summed E-state index contributed by atoms with van der Waals surface area (Å²) in [5.41, 5.74) is 6.67. The molecule has 2 rings (SSSR count). The Morgan fingerprint density at radius 2 is 2.06 bits per heavy atom. The number of ether oxygens (including phenoxy) is 1. The molecular weight excluding hydrogens is 259 g/mol. The van der Waals surface area contributed by atoms with Crippen LogP contribution in [0.25, 0.3) is 0 Å². The van der Waals surface area contributed by atoms with Gasteiger partial charge in [-0.3, -0.25) is 4.90 Å². The third-order valence-corrected chi connectivity index (χ3v) is 3.79. The van der Waals surface area contributed by atoms with E-state index < -0.39 is 0 Å². The summed E-state index contributed by atoms with van der Waals surface area (Å²) in [6.07, 6.45) is -0.0637. The number of halogens is 2. The molecule has 0 saturated carbocycles. The van der Waals surface area contributed by atoms with Crippen molar-refractivity contribution < 1.29 is 4.74 Å². The van der Waals surface area contributed by atoms with Crippen LogP contribution in [0.2, 0.25) is 10.0 Å². The van der Waals surface area contributed by atoms with E-state index in [2.05, 4.69) is 4.90 Å². The molecule has 2 N–H and O–H groups in total. The highest BCUT2D eigenvalue weighted by atomic mass is 35.5. The smallest absolute Gasteiger partial charge is 0.0895 e. The summed E-state index contributed by atoms with van der Waals surface area (Å²) in [4.78, 5) is 2.19. The fourth-order valence-corrected chi connectivity index (χ4v) is 2.88. The molecule has 1 aliphatic rings. The summed E-state index contributed by atoms with van der Waals surface area (Å²) in [6, 6.07) is 5.56. The molecule has 0 spiro atoms. The van der Waals surface area contributed by atoms with E-state index in [9.17, 15) is 0 Å². The fraction of sp³-hybridized carbons (Fsp3) is 0.500. The van der Waals surface area contributed by atoms with Gasteiger partial charge in [0.15, 0.2) is 0 Å². The summed E-state index contributed by atoms with van der Waals surface area (Å²) in [7, 11) is 2.04. The van der Waals surface area contributed by atoms with Gasteiger partial charge in [0.05, 0.1) is 18.8 Å². The second kappa shape index (κ2) is 5.55. The van der Waals surface area contributed by atoms with Gasteiger partial charge in [0, 0.05) is 28.7 Å². The van der Waals surface area contributed by atoms with Crippen molar-refractivity contribution in [3.8, 4) is 0 Å². The van der Waals surface area contributed by atoms with Gasteiger partial charge in [0.2, 0.25) is 0 Å². The zero-order chi connectivity index (χ0) is 12.4. The highest BCUT2D eigenvalue weighted by Gasteiger charge is 2.33. The van der Waals surface area contributed by atoms with Crippen LogP contribution in [0.3, 0.4) is 0 Å². The number of hydrogen-bond acceptors (Lipinski definition) is 3. The Kier molecular flexibility index (Phi) is 4.28. The van der Waals surface area contributed by atoms with Crippen molar-refractivity contribution in [1.82, 2.24) is 4.90 Å². The minimum atomic E-state index is -0.0637. The Morgan fingerprint density at radius 3 is 2.65 bits per heavy atom. The molecule has 0 radical (unpaired) electrons. The van der Waals surface area contributed by atoms with Crippen molar-refractivity contribution in [2.24, 2.45) is 5.73 Å². The number of nitrogens with zero attached hydrogens (tertiary/aromatic N) is 1. The predicted octanol–water partition coefficient (Wildman–Crippen LogP) is 2.32. The van der Waals surface area contributed by atoms with Gasteiger partial charge in [0.1, 0.15) is 0 Å². The van der Waals surface area contributed by atoms with Crippen LogP contribution in [-0.2, 0) is 4.74 Å². The highest BCUT2D eigenvalue weighted by molar-refractivity contribution is 6.36. The molecule has 3 nitrogen and oxygen atoms in total. The maximum absolute atomic E-state index is 6.24. The Labute approximate surface area is 111 Å². The summed E-state index contributed by atoms with van der Waals surface area (Å²) < 4.78 is 5.69. The normalized spacial score (nSPS) is 26.1. The van der Waals surface area contributed by atoms with E-state index in [1.807, 2.05) is 25.2 Å². The summed E-state index contributed by atoms with van der Waals surface area (Å²) in [5, 5.41) is 1.33. The number of rotatable bonds is 2. The molecule has 1 saturated heterocycles. The molecule has 1 aliphatic heterocycles. The molecule has 0 amide bonds. The molecule has 1 aromatic rings. The number of benzene rings is 1. The topological polar surface area (TPSA) is 38.5 Å². The van der Waals surface area contributed by atoms with Gasteiger partial charge in [-0.05, 0) is 19.2 Å². The van der Waals surface area contributed by atoms with E-state index in [0.29, 0.717) is 23.2 Å². The van der Waals surface area contributed by atoms with Crippen molar-refractivity contribution in [2.75, 3.05) is 26.7 Å². The Balaban J connectivity index is 2.41. The van der Waals surface area contributed by atoms with Crippen molar-refractivity contribution in [1.29, 1.82) is 0 Å². The van der Waals surface area contributed by atoms with Crippen molar-refractivity contribution in [2.45, 2.75) is 12.1 Å². The van der Waals surface area contributed by atoms with E-state index >= 15 is 0 Å². The first-order chi connectivity index (χ1) is 8.15. The molecular formula is C12H16Cl2N2O. The largest absolute Gasteiger partial charge is 0.374 e. The molecule has 1 heterocycles. The minimum absolute atomic E-state index is 0.0231. The Morgan fingerprint density at radius 1 is 1.41 bits per heavy atom. The summed E-state index contributed by atoms with van der Waals surface area (Å²) in [6.45, 7) is 2.00. The SMILES string of the molecule is CN1CCOC(CN)C1c1c(Cl)cccc1Cl. The van der Waals surface area contributed by atoms with Crippen LogP contribution < -0.4 is 5.73 Å². The standard InChI is InChI=1S/C12H16Cl2N2O/c1-16-5-6-17-10(7-15)12(16)11-8(13)3-2-4-9(11)14/h2-4,10,12H,5-7,15H2,1H3. The first-order valence-corrected chi connectivity index (χ1v) is 6.36. The third-order valence-electron chi connectivity index (χ3n) is 3.13. The average molecular weight is 275 g/mol. The zero-order valence-corrected chi connectivity index (χ0v) is 11.2. The lowest BCUT2D eigenvalue weighted by atomic mass is 9.98. The molecule has 0 bridgehead atoms. The predicted molar refractivity (Wildman–Crippen MR) is 70.6 cm³/mol. The van der Waals surface area contributed by atoms with E-state index in [-0.39, 0.29) is 12.1 Å². The van der Waals surface area contributed by atoms with Gasteiger partial charge < -0.3 is 10.5 Å². The van der Waals surface area contributed by atoms with Crippen LogP contribution >= 0.6 is 23.2 Å². The highest BCUT2D eigenvalue weighted by Crippen LogP contribution is 2.37. The van der Waals surface area contributed by atoms with Crippen molar-refractivity contribution >= 4 is 23.2 Å².